The molecule has 5 rings (SSSR count). The van der Waals surface area contributed by atoms with Crippen LogP contribution in [-0.4, -0.2) is 10.7 Å². The number of fused-ring (bicyclic) bond motifs is 5. The van der Waals surface area contributed by atoms with Gasteiger partial charge < -0.3 is 5.11 Å². The lowest BCUT2D eigenvalue weighted by Gasteiger charge is -2.59. The summed E-state index contributed by atoms with van der Waals surface area (Å²) in [6.45, 7) is 11.9. The Morgan fingerprint density at radius 1 is 0.938 bits per heavy atom. The smallest absolute Gasteiger partial charge is 0.0656 e. The van der Waals surface area contributed by atoms with Crippen molar-refractivity contribution in [2.45, 2.75) is 98.0 Å². The van der Waals surface area contributed by atoms with Crippen LogP contribution in [0.4, 0.5) is 0 Å². The average molecular weight is 435 g/mol. The molecule has 0 saturated heterocycles. The van der Waals surface area contributed by atoms with Gasteiger partial charge in [-0.2, -0.15) is 0 Å². The maximum absolute atomic E-state index is 11.8. The van der Waals surface area contributed by atoms with Gasteiger partial charge in [-0.15, -0.1) is 0 Å². The van der Waals surface area contributed by atoms with Gasteiger partial charge in [0.1, 0.15) is 0 Å². The molecule has 0 unspecified atom stereocenters. The van der Waals surface area contributed by atoms with Crippen LogP contribution in [0.5, 0.6) is 0 Å². The minimum Gasteiger partial charge on any atom is -0.390 e. The number of benzene rings is 1. The second-order valence-electron chi connectivity index (χ2n) is 13.2. The molecule has 32 heavy (non-hydrogen) atoms. The number of aliphatic hydroxyl groups is 1. The minimum atomic E-state index is -0.577. The van der Waals surface area contributed by atoms with Gasteiger partial charge in [-0.3, -0.25) is 0 Å². The molecule has 3 saturated carbocycles. The summed E-state index contributed by atoms with van der Waals surface area (Å²) < 4.78 is 0. The molecule has 0 bridgehead atoms. The summed E-state index contributed by atoms with van der Waals surface area (Å²) in [5.74, 6) is 4.47. The zero-order valence-corrected chi connectivity index (χ0v) is 21.2. The van der Waals surface area contributed by atoms with Gasteiger partial charge in [-0.25, -0.2) is 0 Å². The standard InChI is InChI=1S/C31H46O/c1-21-6-8-23(9-7-21)15-19-31(5,32)28-13-12-26-25-11-10-24-20-22(2)14-17-29(24,3)27(25)16-18-30(26,28)4/h6-11,22,24-28,32H,12-20H2,1-5H3/t22-,24-,25-,26-,27-,28-,29-,30-,31+/m0/s1. The van der Waals surface area contributed by atoms with Crippen molar-refractivity contribution in [3.63, 3.8) is 0 Å². The Hall–Kier alpha value is -1.08. The van der Waals surface area contributed by atoms with Crippen molar-refractivity contribution in [2.75, 3.05) is 0 Å². The lowest BCUT2D eigenvalue weighted by molar-refractivity contribution is -0.108. The largest absolute Gasteiger partial charge is 0.390 e. The molecule has 0 amide bonds. The topological polar surface area (TPSA) is 20.2 Å². The van der Waals surface area contributed by atoms with E-state index >= 15 is 0 Å². The van der Waals surface area contributed by atoms with E-state index in [9.17, 15) is 5.11 Å². The van der Waals surface area contributed by atoms with Crippen LogP contribution < -0.4 is 0 Å². The van der Waals surface area contributed by atoms with Crippen LogP contribution in [0.15, 0.2) is 36.4 Å². The van der Waals surface area contributed by atoms with E-state index in [1.54, 1.807) is 0 Å². The molecule has 1 aromatic rings. The van der Waals surface area contributed by atoms with Gasteiger partial charge in [-0.1, -0.05) is 69.2 Å². The van der Waals surface area contributed by atoms with Crippen LogP contribution >= 0.6 is 0 Å². The normalized spacial score (nSPS) is 44.9. The third-order valence-electron chi connectivity index (χ3n) is 11.2. The number of allylic oxidation sites excluding steroid dienone is 2. The van der Waals surface area contributed by atoms with Crippen molar-refractivity contribution in [1.29, 1.82) is 0 Å². The van der Waals surface area contributed by atoms with E-state index in [1.807, 2.05) is 0 Å². The summed E-state index contributed by atoms with van der Waals surface area (Å²) in [5.41, 5.74) is 2.89. The third kappa shape index (κ3) is 3.62. The molecule has 4 aliphatic carbocycles. The van der Waals surface area contributed by atoms with E-state index in [4.69, 9.17) is 0 Å². The van der Waals surface area contributed by atoms with Gasteiger partial charge in [-0.05, 0) is 117 Å². The molecule has 9 atom stereocenters. The van der Waals surface area contributed by atoms with Crippen LogP contribution in [-0.2, 0) is 6.42 Å². The highest BCUT2D eigenvalue weighted by Crippen LogP contribution is 2.67. The lowest BCUT2D eigenvalue weighted by Crippen LogP contribution is -2.53. The molecule has 0 aromatic heterocycles. The number of hydrogen-bond donors (Lipinski definition) is 1. The minimum absolute atomic E-state index is 0.285. The molecule has 3 fully saturated rings. The monoisotopic (exact) mass is 434 g/mol. The number of hydrogen-bond acceptors (Lipinski definition) is 1. The van der Waals surface area contributed by atoms with Gasteiger partial charge in [0.25, 0.3) is 0 Å². The Morgan fingerprint density at radius 3 is 2.38 bits per heavy atom. The first-order valence-corrected chi connectivity index (χ1v) is 13.6. The molecule has 1 N–H and O–H groups in total. The van der Waals surface area contributed by atoms with Gasteiger partial charge >= 0.3 is 0 Å². The van der Waals surface area contributed by atoms with Crippen LogP contribution in [0.3, 0.4) is 0 Å². The fraction of sp³-hybridized carbons (Fsp3) is 0.742. The van der Waals surface area contributed by atoms with Crippen LogP contribution in [0.25, 0.3) is 0 Å². The van der Waals surface area contributed by atoms with E-state index < -0.39 is 5.60 Å². The van der Waals surface area contributed by atoms with Crippen molar-refractivity contribution in [1.82, 2.24) is 0 Å². The second-order valence-corrected chi connectivity index (χ2v) is 13.2. The maximum Gasteiger partial charge on any atom is 0.0656 e. The predicted molar refractivity (Wildman–Crippen MR) is 134 cm³/mol. The second kappa shape index (κ2) is 8.00. The molecular formula is C31H46O. The summed E-state index contributed by atoms with van der Waals surface area (Å²) >= 11 is 0. The summed E-state index contributed by atoms with van der Waals surface area (Å²) in [4.78, 5) is 0. The zero-order valence-electron chi connectivity index (χ0n) is 21.2. The van der Waals surface area contributed by atoms with Gasteiger partial charge in [0.2, 0.25) is 0 Å². The Balaban J connectivity index is 1.34. The fourth-order valence-corrected chi connectivity index (χ4v) is 9.17. The third-order valence-corrected chi connectivity index (χ3v) is 11.2. The molecule has 0 aliphatic heterocycles. The fourth-order valence-electron chi connectivity index (χ4n) is 9.17. The Labute approximate surface area is 197 Å². The Bertz CT molecular complexity index is 850. The molecule has 1 aromatic carbocycles. The summed E-state index contributed by atoms with van der Waals surface area (Å²) in [7, 11) is 0. The number of rotatable bonds is 4. The molecule has 0 heterocycles. The van der Waals surface area contributed by atoms with Gasteiger partial charge in [0, 0.05) is 0 Å². The molecule has 0 radical (unpaired) electrons. The first-order valence-electron chi connectivity index (χ1n) is 13.6. The predicted octanol–water partition coefficient (Wildman–Crippen LogP) is 7.75. The average Bonchev–Trinajstić information content (AvgIpc) is 3.12. The Kier molecular flexibility index (Phi) is 5.68. The zero-order chi connectivity index (χ0) is 22.7. The van der Waals surface area contributed by atoms with Crippen molar-refractivity contribution >= 4 is 0 Å². The highest BCUT2D eigenvalue weighted by atomic mass is 16.3. The quantitative estimate of drug-likeness (QED) is 0.480. The van der Waals surface area contributed by atoms with Gasteiger partial charge in [0.05, 0.1) is 5.60 Å². The molecule has 176 valence electrons. The van der Waals surface area contributed by atoms with E-state index in [-0.39, 0.29) is 5.41 Å². The van der Waals surface area contributed by atoms with E-state index in [1.165, 1.54) is 56.1 Å². The number of aryl methyl sites for hydroxylation is 2. The molecule has 0 spiro atoms. The first kappa shape index (κ1) is 22.7. The molecule has 1 heteroatoms. The SMILES string of the molecule is Cc1ccc(CC[C@@](C)(O)[C@H]2CC[C@H]3[C@@H]4C=C[C@H]5C[C@@H](C)CC[C@]5(C)[C@H]4CC[C@@]32C)cc1. The van der Waals surface area contributed by atoms with Crippen LogP contribution in [0.2, 0.25) is 0 Å². The summed E-state index contributed by atoms with van der Waals surface area (Å²) in [6, 6.07) is 8.89. The first-order chi connectivity index (χ1) is 15.1. The van der Waals surface area contributed by atoms with E-state index in [0.29, 0.717) is 11.3 Å². The van der Waals surface area contributed by atoms with Crippen LogP contribution in [0, 0.1) is 53.3 Å². The summed E-state index contributed by atoms with van der Waals surface area (Å²) in [5, 5.41) is 11.8. The van der Waals surface area contributed by atoms with Crippen molar-refractivity contribution in [2.24, 2.45) is 46.3 Å². The van der Waals surface area contributed by atoms with Gasteiger partial charge in [0.15, 0.2) is 0 Å². The molecule has 4 aliphatic rings. The van der Waals surface area contributed by atoms with Crippen molar-refractivity contribution < 1.29 is 5.11 Å². The molecule has 1 nitrogen and oxygen atoms in total. The highest BCUT2D eigenvalue weighted by Gasteiger charge is 2.61. The van der Waals surface area contributed by atoms with Crippen LogP contribution in [0.1, 0.15) is 90.2 Å². The van der Waals surface area contributed by atoms with E-state index in [2.05, 4.69) is 71.0 Å². The highest BCUT2D eigenvalue weighted by molar-refractivity contribution is 5.22. The lowest BCUT2D eigenvalue weighted by atomic mass is 9.45. The van der Waals surface area contributed by atoms with Crippen molar-refractivity contribution in [3.8, 4) is 0 Å². The Morgan fingerprint density at radius 2 is 1.62 bits per heavy atom. The van der Waals surface area contributed by atoms with Crippen molar-refractivity contribution in [3.05, 3.63) is 47.5 Å². The van der Waals surface area contributed by atoms with E-state index in [0.717, 1.165) is 42.4 Å². The molecular weight excluding hydrogens is 388 g/mol. The maximum atomic E-state index is 11.8. The summed E-state index contributed by atoms with van der Waals surface area (Å²) in [6.07, 6.45) is 16.6.